The molecule has 0 saturated carbocycles. The molecule has 0 heterocycles. The fourth-order valence-electron chi connectivity index (χ4n) is 2.72. The van der Waals surface area contributed by atoms with Crippen molar-refractivity contribution in [3.63, 3.8) is 0 Å². The van der Waals surface area contributed by atoms with E-state index in [1.165, 1.54) is 6.07 Å². The predicted molar refractivity (Wildman–Crippen MR) is 111 cm³/mol. The Kier molecular flexibility index (Phi) is 6.40. The summed E-state index contributed by atoms with van der Waals surface area (Å²) in [6.45, 7) is 20.2. The Labute approximate surface area is 160 Å². The summed E-state index contributed by atoms with van der Waals surface area (Å²) < 4.78 is 14.1. The lowest BCUT2D eigenvalue weighted by Crippen LogP contribution is -2.28. The van der Waals surface area contributed by atoms with Gasteiger partial charge in [-0.25, -0.2) is 4.39 Å². The number of rotatable bonds is 9. The molecular formula is C22H27FN4. The van der Waals surface area contributed by atoms with Gasteiger partial charge in [0.05, 0.1) is 17.1 Å². The molecule has 0 aliphatic heterocycles. The van der Waals surface area contributed by atoms with Gasteiger partial charge in [0.25, 0.3) is 0 Å². The van der Waals surface area contributed by atoms with Crippen LogP contribution in [0.4, 0.5) is 4.39 Å². The number of benzene rings is 1. The molecule has 0 radical (unpaired) electrons. The number of hydrogen-bond acceptors (Lipinski definition) is 4. The summed E-state index contributed by atoms with van der Waals surface area (Å²) in [4.78, 5) is 4.38. The number of halogens is 1. The van der Waals surface area contributed by atoms with Crippen LogP contribution in [0.25, 0.3) is 0 Å². The number of nitrogens with two attached hydrogens (primary N) is 1. The molecule has 0 amide bonds. The Hall–Kier alpha value is -3.08. The van der Waals surface area contributed by atoms with Crippen molar-refractivity contribution >= 4 is 5.71 Å². The second-order valence-corrected chi connectivity index (χ2v) is 6.50. The molecule has 1 aliphatic carbocycles. The fourth-order valence-corrected chi connectivity index (χ4v) is 2.72. The van der Waals surface area contributed by atoms with Gasteiger partial charge in [-0.1, -0.05) is 39.3 Å². The zero-order valence-corrected chi connectivity index (χ0v) is 16.1. The summed E-state index contributed by atoms with van der Waals surface area (Å²) in [5.74, 6) is -0.272. The van der Waals surface area contributed by atoms with Crippen molar-refractivity contribution in [2.45, 2.75) is 33.4 Å². The third-order valence-electron chi connectivity index (χ3n) is 4.34. The van der Waals surface area contributed by atoms with Gasteiger partial charge < -0.3 is 16.4 Å². The number of nitrogens with zero attached hydrogens (tertiary/aromatic N) is 1. The van der Waals surface area contributed by atoms with E-state index in [1.807, 2.05) is 19.9 Å². The van der Waals surface area contributed by atoms with Gasteiger partial charge >= 0.3 is 0 Å². The van der Waals surface area contributed by atoms with Crippen LogP contribution in [-0.4, -0.2) is 5.71 Å². The molecule has 5 heteroatoms. The molecule has 4 N–H and O–H groups in total. The summed E-state index contributed by atoms with van der Waals surface area (Å²) in [7, 11) is 0. The van der Waals surface area contributed by atoms with Crippen LogP contribution in [0, 0.1) is 5.82 Å². The van der Waals surface area contributed by atoms with Crippen LogP contribution in [-0.2, 0) is 13.1 Å². The molecule has 0 aromatic heterocycles. The molecule has 1 aliphatic rings. The van der Waals surface area contributed by atoms with Crippen molar-refractivity contribution in [2.75, 3.05) is 0 Å². The zero-order valence-electron chi connectivity index (χ0n) is 16.1. The summed E-state index contributed by atoms with van der Waals surface area (Å²) in [6.07, 6.45) is 0.753. The summed E-state index contributed by atoms with van der Waals surface area (Å²) in [5, 5.41) is 6.38. The Morgan fingerprint density at radius 2 is 1.89 bits per heavy atom. The highest BCUT2D eigenvalue weighted by Crippen LogP contribution is 2.32. The maximum absolute atomic E-state index is 14.1. The molecule has 0 unspecified atom stereocenters. The largest absolute Gasteiger partial charge is 0.397 e. The first kappa shape index (κ1) is 20.2. The molecule has 2 rings (SSSR count). The van der Waals surface area contributed by atoms with Gasteiger partial charge in [0.1, 0.15) is 5.82 Å². The minimum Gasteiger partial charge on any atom is -0.397 e. The Morgan fingerprint density at radius 1 is 1.19 bits per heavy atom. The van der Waals surface area contributed by atoms with Crippen molar-refractivity contribution in [3.8, 4) is 0 Å². The predicted octanol–water partition coefficient (Wildman–Crippen LogP) is 4.20. The average molecular weight is 366 g/mol. The first-order valence-electron chi connectivity index (χ1n) is 8.80. The fraction of sp³-hybridized carbons (Fsp3) is 0.227. The minimum atomic E-state index is -0.272. The molecule has 0 fully saturated rings. The van der Waals surface area contributed by atoms with Crippen LogP contribution < -0.4 is 16.4 Å². The van der Waals surface area contributed by atoms with Crippen molar-refractivity contribution < 1.29 is 4.39 Å². The van der Waals surface area contributed by atoms with Crippen molar-refractivity contribution in [1.29, 1.82) is 0 Å². The van der Waals surface area contributed by atoms with Gasteiger partial charge in [0, 0.05) is 41.2 Å². The van der Waals surface area contributed by atoms with E-state index < -0.39 is 0 Å². The standard InChI is InChI=1S/C22H27FN4/c1-7-20(27-13(2)3)16(6)25-11-17-8-9-19(23)18(10-17)12-26-22-15(5)14(4)21(22)24/h8-10,25-26H,2,4-7,11-12,24H2,1,3H3. The molecule has 142 valence electrons. The van der Waals surface area contributed by atoms with E-state index in [9.17, 15) is 4.39 Å². The third kappa shape index (κ3) is 4.76. The van der Waals surface area contributed by atoms with E-state index in [-0.39, 0.29) is 5.82 Å². The molecule has 1 aromatic rings. The summed E-state index contributed by atoms with van der Waals surface area (Å²) in [6, 6.07) is 5.03. The lowest BCUT2D eigenvalue weighted by atomic mass is 9.90. The minimum absolute atomic E-state index is 0.272. The van der Waals surface area contributed by atoms with Crippen molar-refractivity contribution in [3.05, 3.63) is 95.4 Å². The summed E-state index contributed by atoms with van der Waals surface area (Å²) >= 11 is 0. The topological polar surface area (TPSA) is 62.4 Å². The monoisotopic (exact) mass is 366 g/mol. The lowest BCUT2D eigenvalue weighted by Gasteiger charge is -2.27. The van der Waals surface area contributed by atoms with E-state index in [2.05, 4.69) is 41.9 Å². The SMILES string of the molecule is C=C(C)N=C(CC)C(=C)NCc1ccc(F)c(CNC2=C(N)C(=C)C2=C)c1. The van der Waals surface area contributed by atoms with Gasteiger partial charge in [0.2, 0.25) is 0 Å². The van der Waals surface area contributed by atoms with Gasteiger partial charge in [-0.3, -0.25) is 4.99 Å². The maximum Gasteiger partial charge on any atom is 0.128 e. The Morgan fingerprint density at radius 3 is 2.48 bits per heavy atom. The van der Waals surface area contributed by atoms with Crippen LogP contribution in [0.2, 0.25) is 0 Å². The third-order valence-corrected chi connectivity index (χ3v) is 4.34. The quantitative estimate of drug-likeness (QED) is 0.574. The average Bonchev–Trinajstić information content (AvgIpc) is 2.65. The van der Waals surface area contributed by atoms with E-state index in [1.54, 1.807) is 6.07 Å². The second-order valence-electron chi connectivity index (χ2n) is 6.50. The van der Waals surface area contributed by atoms with Crippen LogP contribution in [0.1, 0.15) is 31.4 Å². The smallest absolute Gasteiger partial charge is 0.128 e. The first-order chi connectivity index (χ1) is 12.7. The number of hydrogen-bond donors (Lipinski definition) is 3. The Balaban J connectivity index is 2.02. The molecule has 27 heavy (non-hydrogen) atoms. The van der Waals surface area contributed by atoms with Gasteiger partial charge in [0.15, 0.2) is 0 Å². The highest BCUT2D eigenvalue weighted by Gasteiger charge is 2.23. The van der Waals surface area contributed by atoms with Gasteiger partial charge in [-0.15, -0.1) is 0 Å². The molecule has 4 nitrogen and oxygen atoms in total. The normalized spacial score (nSPS) is 14.1. The molecule has 1 aromatic carbocycles. The van der Waals surface area contributed by atoms with Crippen LogP contribution in [0.5, 0.6) is 0 Å². The zero-order chi connectivity index (χ0) is 20.1. The van der Waals surface area contributed by atoms with Crippen molar-refractivity contribution in [1.82, 2.24) is 10.6 Å². The van der Waals surface area contributed by atoms with E-state index >= 15 is 0 Å². The number of aliphatic imine (C=N–C) groups is 1. The summed E-state index contributed by atoms with van der Waals surface area (Å²) in [5.41, 5.74) is 12.5. The second kappa shape index (κ2) is 8.54. The molecule has 0 saturated heterocycles. The van der Waals surface area contributed by atoms with E-state index in [0.29, 0.717) is 24.4 Å². The van der Waals surface area contributed by atoms with Crippen molar-refractivity contribution in [2.24, 2.45) is 10.7 Å². The molecule has 0 atom stereocenters. The number of nitrogens with one attached hydrogen (secondary N) is 2. The lowest BCUT2D eigenvalue weighted by molar-refractivity contribution is 0.599. The number of allylic oxidation sites excluding steroid dienone is 4. The highest BCUT2D eigenvalue weighted by atomic mass is 19.1. The van der Waals surface area contributed by atoms with E-state index in [0.717, 1.165) is 45.9 Å². The highest BCUT2D eigenvalue weighted by molar-refractivity contribution is 5.99. The first-order valence-corrected chi connectivity index (χ1v) is 8.80. The van der Waals surface area contributed by atoms with Gasteiger partial charge in [-0.05, 0) is 31.0 Å². The van der Waals surface area contributed by atoms with Crippen LogP contribution in [0.3, 0.4) is 0 Å². The van der Waals surface area contributed by atoms with Crippen LogP contribution >= 0.6 is 0 Å². The molecule has 0 bridgehead atoms. The Bertz CT molecular complexity index is 874. The van der Waals surface area contributed by atoms with Crippen LogP contribution in [0.15, 0.2) is 83.4 Å². The van der Waals surface area contributed by atoms with Gasteiger partial charge in [-0.2, -0.15) is 0 Å². The van der Waals surface area contributed by atoms with E-state index in [4.69, 9.17) is 5.73 Å². The maximum atomic E-state index is 14.1. The molecular weight excluding hydrogens is 339 g/mol. The molecule has 0 spiro atoms.